The molecule has 2 atom stereocenters. The smallest absolute Gasteiger partial charge is 0.407 e. The molecule has 42 heavy (non-hydrogen) atoms. The first-order valence-corrected chi connectivity index (χ1v) is 17.5. The summed E-state index contributed by atoms with van der Waals surface area (Å²) in [5, 5.41) is 2.85. The quantitative estimate of drug-likeness (QED) is 0.0667. The predicted molar refractivity (Wildman–Crippen MR) is 172 cm³/mol. The van der Waals surface area contributed by atoms with Gasteiger partial charge in [0.25, 0.3) is 0 Å². The summed E-state index contributed by atoms with van der Waals surface area (Å²) in [6.45, 7) is 2.82. The summed E-state index contributed by atoms with van der Waals surface area (Å²) in [5.41, 5.74) is -1.11. The number of pyridine rings is 1. The maximum absolute atomic E-state index is 12.3. The van der Waals surface area contributed by atoms with Gasteiger partial charge in [-0.15, -0.1) is 0 Å². The SMILES string of the molecule is CCCCCCCCCCCCCCCCCCNC(=O)OCC(C=O)(CCC(C1CCCC1)[n+]1ccccc1)OC. The van der Waals surface area contributed by atoms with Crippen LogP contribution in [0.4, 0.5) is 4.79 Å². The van der Waals surface area contributed by atoms with Crippen LogP contribution in [0.15, 0.2) is 30.6 Å². The summed E-state index contributed by atoms with van der Waals surface area (Å²) < 4.78 is 13.4. The fourth-order valence-corrected chi connectivity index (χ4v) is 6.47. The van der Waals surface area contributed by atoms with E-state index in [-0.39, 0.29) is 6.61 Å². The standard InChI is InChI=1S/C36H62N2O4/c1-3-4-5-6-7-8-9-10-11-12-13-14-15-16-17-21-28-37-35(40)42-32-36(31-39,41-2)27-26-34(33-24-19-20-25-33)38-29-22-18-23-30-38/h18,22-23,29-31,33-34H,3-17,19-21,24-28,32H2,1-2H3/p+1. The van der Waals surface area contributed by atoms with E-state index in [1.54, 1.807) is 0 Å². The van der Waals surface area contributed by atoms with Crippen LogP contribution < -0.4 is 9.88 Å². The predicted octanol–water partition coefficient (Wildman–Crippen LogP) is 9.06. The highest BCUT2D eigenvalue weighted by Gasteiger charge is 2.37. The van der Waals surface area contributed by atoms with Crippen LogP contribution in [0.1, 0.15) is 154 Å². The van der Waals surface area contributed by atoms with Crippen molar-refractivity contribution in [1.82, 2.24) is 5.32 Å². The number of aromatic nitrogens is 1. The molecule has 0 aromatic carbocycles. The lowest BCUT2D eigenvalue weighted by Crippen LogP contribution is -2.46. The number of rotatable bonds is 26. The maximum Gasteiger partial charge on any atom is 0.407 e. The van der Waals surface area contributed by atoms with Gasteiger partial charge in [-0.05, 0) is 25.7 Å². The van der Waals surface area contributed by atoms with Crippen molar-refractivity contribution >= 4 is 12.4 Å². The molecule has 1 amide bonds. The van der Waals surface area contributed by atoms with Gasteiger partial charge in [-0.25, -0.2) is 9.36 Å². The number of nitrogens with zero attached hydrogens (tertiary/aromatic N) is 1. The van der Waals surface area contributed by atoms with Gasteiger partial charge in [0.2, 0.25) is 0 Å². The molecule has 1 N–H and O–H groups in total. The molecule has 1 aliphatic carbocycles. The first-order valence-electron chi connectivity index (χ1n) is 17.5. The van der Waals surface area contributed by atoms with Gasteiger partial charge in [0.05, 0.1) is 0 Å². The zero-order valence-corrected chi connectivity index (χ0v) is 27.2. The van der Waals surface area contributed by atoms with E-state index in [1.165, 1.54) is 123 Å². The molecule has 1 aromatic rings. The number of ether oxygens (including phenoxy) is 2. The fraction of sp³-hybridized carbons (Fsp3) is 0.806. The molecule has 0 radical (unpaired) electrons. The molecule has 1 fully saturated rings. The van der Waals surface area contributed by atoms with Crippen molar-refractivity contribution < 1.29 is 23.6 Å². The maximum atomic E-state index is 12.3. The second kappa shape index (κ2) is 23.5. The summed E-state index contributed by atoms with van der Waals surface area (Å²) >= 11 is 0. The Hall–Kier alpha value is -1.95. The number of aldehydes is 1. The molecule has 0 bridgehead atoms. The number of alkyl carbamates (subject to hydrolysis) is 1. The third-order valence-electron chi connectivity index (χ3n) is 9.30. The van der Waals surface area contributed by atoms with Gasteiger partial charge >= 0.3 is 6.09 Å². The number of amides is 1. The second-order valence-electron chi connectivity index (χ2n) is 12.7. The molecule has 0 aliphatic heterocycles. The van der Waals surface area contributed by atoms with Crippen molar-refractivity contribution in [3.8, 4) is 0 Å². The van der Waals surface area contributed by atoms with E-state index in [2.05, 4.69) is 41.3 Å². The molecule has 6 nitrogen and oxygen atoms in total. The van der Waals surface area contributed by atoms with Crippen LogP contribution >= 0.6 is 0 Å². The Morgan fingerprint density at radius 2 is 1.38 bits per heavy atom. The molecule has 2 rings (SSSR count). The van der Waals surface area contributed by atoms with Crippen LogP contribution in [0.25, 0.3) is 0 Å². The molecular formula is C36H63N2O4+. The van der Waals surface area contributed by atoms with Crippen molar-refractivity contribution in [1.29, 1.82) is 0 Å². The van der Waals surface area contributed by atoms with Crippen molar-refractivity contribution in [2.45, 2.75) is 160 Å². The Kier molecular flexibility index (Phi) is 20.3. The van der Waals surface area contributed by atoms with E-state index in [0.717, 1.165) is 25.5 Å². The van der Waals surface area contributed by atoms with Crippen molar-refractivity contribution in [2.75, 3.05) is 20.3 Å². The van der Waals surface area contributed by atoms with Crippen LogP contribution in [0.2, 0.25) is 0 Å². The zero-order valence-electron chi connectivity index (χ0n) is 27.2. The van der Waals surface area contributed by atoms with Crippen LogP contribution in [0, 0.1) is 5.92 Å². The first-order chi connectivity index (χ1) is 20.6. The first kappa shape index (κ1) is 36.2. The summed E-state index contributed by atoms with van der Waals surface area (Å²) in [6, 6.07) is 6.45. The Bertz CT molecular complexity index is 799. The highest BCUT2D eigenvalue weighted by atomic mass is 16.6. The fourth-order valence-electron chi connectivity index (χ4n) is 6.47. The Morgan fingerprint density at radius 3 is 1.88 bits per heavy atom. The summed E-state index contributed by atoms with van der Waals surface area (Å²) in [4.78, 5) is 24.5. The Balaban J connectivity index is 1.52. The Morgan fingerprint density at radius 1 is 0.857 bits per heavy atom. The van der Waals surface area contributed by atoms with E-state index >= 15 is 0 Å². The van der Waals surface area contributed by atoms with E-state index in [4.69, 9.17) is 9.47 Å². The second-order valence-corrected chi connectivity index (χ2v) is 12.7. The topological polar surface area (TPSA) is 68.5 Å². The monoisotopic (exact) mass is 587 g/mol. The summed E-state index contributed by atoms with van der Waals surface area (Å²) in [7, 11) is 1.53. The third kappa shape index (κ3) is 15.5. The van der Waals surface area contributed by atoms with E-state index in [0.29, 0.717) is 24.9 Å². The molecule has 0 spiro atoms. The molecule has 2 unspecified atom stereocenters. The van der Waals surface area contributed by atoms with Gasteiger partial charge in [0.1, 0.15) is 6.61 Å². The van der Waals surface area contributed by atoms with Crippen LogP contribution in [-0.2, 0) is 14.3 Å². The highest BCUT2D eigenvalue weighted by Crippen LogP contribution is 2.35. The molecule has 1 aliphatic rings. The van der Waals surface area contributed by atoms with Crippen molar-refractivity contribution in [3.05, 3.63) is 30.6 Å². The Labute approximate surface area is 257 Å². The zero-order chi connectivity index (χ0) is 30.1. The van der Waals surface area contributed by atoms with Gasteiger partial charge < -0.3 is 14.8 Å². The van der Waals surface area contributed by atoms with Gasteiger partial charge in [-0.3, -0.25) is 4.79 Å². The third-order valence-corrected chi connectivity index (χ3v) is 9.30. The minimum absolute atomic E-state index is 0.0609. The summed E-state index contributed by atoms with van der Waals surface area (Å²) in [6.07, 6.45) is 32.1. The molecular weight excluding hydrogens is 524 g/mol. The number of nitrogens with one attached hydrogen (secondary N) is 1. The lowest BCUT2D eigenvalue weighted by molar-refractivity contribution is -0.731. The van der Waals surface area contributed by atoms with Gasteiger partial charge in [0, 0.05) is 38.1 Å². The molecule has 1 aromatic heterocycles. The number of methoxy groups -OCH3 is 1. The van der Waals surface area contributed by atoms with Gasteiger partial charge in [-0.1, -0.05) is 122 Å². The van der Waals surface area contributed by atoms with E-state index < -0.39 is 11.7 Å². The van der Waals surface area contributed by atoms with Crippen LogP contribution in [0.3, 0.4) is 0 Å². The number of carbonyl (C=O) groups is 2. The van der Waals surface area contributed by atoms with Crippen molar-refractivity contribution in [3.63, 3.8) is 0 Å². The van der Waals surface area contributed by atoms with Crippen LogP contribution in [0.5, 0.6) is 0 Å². The lowest BCUT2D eigenvalue weighted by Gasteiger charge is -2.28. The van der Waals surface area contributed by atoms with Crippen molar-refractivity contribution in [2.24, 2.45) is 5.92 Å². The number of carbonyl (C=O) groups excluding carboxylic acids is 2. The minimum Gasteiger partial charge on any atom is -0.446 e. The van der Waals surface area contributed by atoms with E-state index in [9.17, 15) is 9.59 Å². The molecule has 1 heterocycles. The van der Waals surface area contributed by atoms with Gasteiger partial charge in [-0.2, -0.15) is 0 Å². The summed E-state index contributed by atoms with van der Waals surface area (Å²) in [5.74, 6) is 0.600. The minimum atomic E-state index is -1.11. The number of hydrogen-bond acceptors (Lipinski definition) is 4. The molecule has 6 heteroatoms. The van der Waals surface area contributed by atoms with Crippen LogP contribution in [-0.4, -0.2) is 38.2 Å². The number of unbranched alkanes of at least 4 members (excludes halogenated alkanes) is 15. The van der Waals surface area contributed by atoms with Gasteiger partial charge in [0.15, 0.2) is 30.3 Å². The number of hydrogen-bond donors (Lipinski definition) is 1. The molecule has 0 saturated heterocycles. The normalized spacial score (nSPS) is 15.8. The largest absolute Gasteiger partial charge is 0.446 e. The van der Waals surface area contributed by atoms with E-state index in [1.807, 2.05) is 6.07 Å². The molecule has 240 valence electrons. The highest BCUT2D eigenvalue weighted by molar-refractivity contribution is 5.68. The lowest BCUT2D eigenvalue weighted by atomic mass is 9.89. The average Bonchev–Trinajstić information content (AvgIpc) is 3.56. The molecule has 1 saturated carbocycles. The average molecular weight is 588 g/mol.